The van der Waals surface area contributed by atoms with Gasteiger partial charge in [-0.15, -0.1) is 0 Å². The molecule has 1 aromatic rings. The van der Waals surface area contributed by atoms with Crippen LogP contribution in [0, 0.1) is 0 Å². The fourth-order valence-corrected chi connectivity index (χ4v) is 2.00. The molecule has 1 rings (SSSR count). The highest BCUT2D eigenvalue weighted by molar-refractivity contribution is 5.99. The molecule has 3 heteroatoms. The van der Waals surface area contributed by atoms with E-state index in [-0.39, 0.29) is 11.8 Å². The Morgan fingerprint density at radius 3 is 2.47 bits per heavy atom. The molecule has 19 heavy (non-hydrogen) atoms. The fourth-order valence-electron chi connectivity index (χ4n) is 2.00. The van der Waals surface area contributed by atoms with Crippen molar-refractivity contribution in [1.82, 2.24) is 4.90 Å². The second-order valence-corrected chi connectivity index (χ2v) is 4.92. The molecule has 1 unspecified atom stereocenters. The molecule has 106 valence electrons. The summed E-state index contributed by atoms with van der Waals surface area (Å²) in [6, 6.07) is 7.83. The molecule has 0 heterocycles. The Morgan fingerprint density at radius 2 is 1.95 bits per heavy atom. The fraction of sp³-hybridized carbons (Fsp3) is 0.562. The van der Waals surface area contributed by atoms with Gasteiger partial charge in [-0.1, -0.05) is 31.2 Å². The number of carbonyl (C=O) groups excluding carboxylic acids is 1. The van der Waals surface area contributed by atoms with Crippen molar-refractivity contribution in [3.05, 3.63) is 35.4 Å². The molecule has 0 aliphatic rings. The maximum Gasteiger partial charge on any atom is 0.179 e. The van der Waals surface area contributed by atoms with E-state index in [4.69, 9.17) is 4.74 Å². The van der Waals surface area contributed by atoms with E-state index >= 15 is 0 Å². The van der Waals surface area contributed by atoms with Gasteiger partial charge >= 0.3 is 0 Å². The number of hydrogen-bond acceptors (Lipinski definition) is 3. The minimum absolute atomic E-state index is 0.0932. The normalized spacial score (nSPS) is 12.7. The van der Waals surface area contributed by atoms with E-state index in [2.05, 4.69) is 11.8 Å². The zero-order valence-corrected chi connectivity index (χ0v) is 12.5. The molecule has 0 aliphatic heterocycles. The lowest BCUT2D eigenvalue weighted by Gasteiger charge is -2.23. The molecule has 3 nitrogen and oxygen atoms in total. The van der Waals surface area contributed by atoms with Crippen LogP contribution in [-0.4, -0.2) is 44.0 Å². The second-order valence-electron chi connectivity index (χ2n) is 4.92. The van der Waals surface area contributed by atoms with Gasteiger partial charge in [0.25, 0.3) is 0 Å². The minimum Gasteiger partial charge on any atom is -0.385 e. The first-order valence-electron chi connectivity index (χ1n) is 6.92. The summed E-state index contributed by atoms with van der Waals surface area (Å²) in [6.45, 7) is 5.68. The Labute approximate surface area is 116 Å². The van der Waals surface area contributed by atoms with Crippen LogP contribution in [0.5, 0.6) is 0 Å². The van der Waals surface area contributed by atoms with Crippen LogP contribution < -0.4 is 0 Å². The summed E-state index contributed by atoms with van der Waals surface area (Å²) in [5.41, 5.74) is 2.06. The summed E-state index contributed by atoms with van der Waals surface area (Å²) in [4.78, 5) is 14.4. The Hall–Kier alpha value is -1.19. The number of nitrogens with zero attached hydrogens (tertiary/aromatic N) is 1. The highest BCUT2D eigenvalue weighted by Crippen LogP contribution is 2.10. The Balaban J connectivity index is 2.59. The first kappa shape index (κ1) is 15.9. The molecule has 1 aromatic carbocycles. The van der Waals surface area contributed by atoms with E-state index in [0.717, 1.165) is 31.6 Å². The molecule has 0 saturated carbocycles. The Kier molecular flexibility index (Phi) is 6.74. The molecule has 0 aliphatic carbocycles. The number of Topliss-reactive ketones (excluding diaryl/α,β-unsaturated/α-hetero) is 1. The van der Waals surface area contributed by atoms with Gasteiger partial charge in [0.2, 0.25) is 0 Å². The number of likely N-dealkylation sites (N-methyl/N-ethyl adjacent to an activating group) is 1. The SMILES string of the molecule is CCc1ccc(C(=O)C(C)N(C)CCCOC)cc1. The standard InChI is InChI=1S/C16H25NO2/c1-5-14-7-9-15(10-8-14)16(18)13(2)17(3)11-6-12-19-4/h7-10,13H,5-6,11-12H2,1-4H3. The first-order chi connectivity index (χ1) is 9.10. The molecule has 0 spiro atoms. The summed E-state index contributed by atoms with van der Waals surface area (Å²) < 4.78 is 5.03. The number of ether oxygens (including phenoxy) is 1. The van der Waals surface area contributed by atoms with Crippen molar-refractivity contribution in [2.45, 2.75) is 32.7 Å². The van der Waals surface area contributed by atoms with E-state index in [0.29, 0.717) is 0 Å². The van der Waals surface area contributed by atoms with Gasteiger partial charge in [-0.3, -0.25) is 9.69 Å². The van der Waals surface area contributed by atoms with Crippen molar-refractivity contribution >= 4 is 5.78 Å². The number of methoxy groups -OCH3 is 1. The van der Waals surface area contributed by atoms with Crippen LogP contribution in [0.3, 0.4) is 0 Å². The lowest BCUT2D eigenvalue weighted by Crippen LogP contribution is -2.37. The Bertz CT molecular complexity index is 386. The van der Waals surface area contributed by atoms with Gasteiger partial charge < -0.3 is 4.74 Å². The van der Waals surface area contributed by atoms with Gasteiger partial charge in [0.1, 0.15) is 0 Å². The van der Waals surface area contributed by atoms with Crippen LogP contribution in [0.1, 0.15) is 36.2 Å². The summed E-state index contributed by atoms with van der Waals surface area (Å²) in [5, 5.41) is 0. The highest BCUT2D eigenvalue weighted by Gasteiger charge is 2.19. The molecule has 0 radical (unpaired) electrons. The van der Waals surface area contributed by atoms with Crippen LogP contribution >= 0.6 is 0 Å². The van der Waals surface area contributed by atoms with E-state index in [1.54, 1.807) is 7.11 Å². The second kappa shape index (κ2) is 8.08. The minimum atomic E-state index is -0.0932. The zero-order valence-electron chi connectivity index (χ0n) is 12.5. The van der Waals surface area contributed by atoms with Crippen molar-refractivity contribution in [2.24, 2.45) is 0 Å². The van der Waals surface area contributed by atoms with Gasteiger partial charge in [-0.25, -0.2) is 0 Å². The van der Waals surface area contributed by atoms with Crippen LogP contribution in [0.15, 0.2) is 24.3 Å². The van der Waals surface area contributed by atoms with Crippen LogP contribution in [0.25, 0.3) is 0 Å². The van der Waals surface area contributed by atoms with Crippen LogP contribution in [0.2, 0.25) is 0 Å². The number of hydrogen-bond donors (Lipinski definition) is 0. The molecule has 0 fully saturated rings. The summed E-state index contributed by atoms with van der Waals surface area (Å²) in [5.74, 6) is 0.183. The molecule has 0 saturated heterocycles. The van der Waals surface area contributed by atoms with Crippen LogP contribution in [0.4, 0.5) is 0 Å². The molecule has 0 bridgehead atoms. The van der Waals surface area contributed by atoms with Crippen molar-refractivity contribution in [2.75, 3.05) is 27.3 Å². The zero-order chi connectivity index (χ0) is 14.3. The molecule has 0 aromatic heterocycles. The molecule has 1 atom stereocenters. The monoisotopic (exact) mass is 263 g/mol. The quantitative estimate of drug-likeness (QED) is 0.533. The molecular weight excluding hydrogens is 238 g/mol. The predicted octanol–water partition coefficient (Wildman–Crippen LogP) is 2.79. The number of benzene rings is 1. The molecule has 0 amide bonds. The van der Waals surface area contributed by atoms with E-state index in [1.165, 1.54) is 5.56 Å². The van der Waals surface area contributed by atoms with Crippen molar-refractivity contribution in [3.63, 3.8) is 0 Å². The van der Waals surface area contributed by atoms with Crippen LogP contribution in [-0.2, 0) is 11.2 Å². The first-order valence-corrected chi connectivity index (χ1v) is 6.92. The van der Waals surface area contributed by atoms with Gasteiger partial charge in [-0.05, 0) is 32.4 Å². The lowest BCUT2D eigenvalue weighted by molar-refractivity contribution is 0.0855. The maximum atomic E-state index is 12.3. The summed E-state index contributed by atoms with van der Waals surface area (Å²) >= 11 is 0. The van der Waals surface area contributed by atoms with Gasteiger partial charge in [0.15, 0.2) is 5.78 Å². The average molecular weight is 263 g/mol. The topological polar surface area (TPSA) is 29.5 Å². The van der Waals surface area contributed by atoms with Crippen molar-refractivity contribution in [3.8, 4) is 0 Å². The number of ketones is 1. The predicted molar refractivity (Wildman–Crippen MR) is 78.7 cm³/mol. The molecule has 0 N–H and O–H groups in total. The van der Waals surface area contributed by atoms with Crippen molar-refractivity contribution in [1.29, 1.82) is 0 Å². The third kappa shape index (κ3) is 4.77. The smallest absolute Gasteiger partial charge is 0.179 e. The van der Waals surface area contributed by atoms with E-state index < -0.39 is 0 Å². The van der Waals surface area contributed by atoms with E-state index in [9.17, 15) is 4.79 Å². The summed E-state index contributed by atoms with van der Waals surface area (Å²) in [7, 11) is 3.68. The van der Waals surface area contributed by atoms with E-state index in [1.807, 2.05) is 38.2 Å². The number of aryl methyl sites for hydroxylation is 1. The lowest BCUT2D eigenvalue weighted by atomic mass is 10.0. The third-order valence-corrected chi connectivity index (χ3v) is 3.55. The third-order valence-electron chi connectivity index (χ3n) is 3.55. The number of rotatable bonds is 8. The van der Waals surface area contributed by atoms with Crippen molar-refractivity contribution < 1.29 is 9.53 Å². The van der Waals surface area contributed by atoms with Gasteiger partial charge in [0, 0.05) is 25.8 Å². The largest absolute Gasteiger partial charge is 0.385 e. The molecular formula is C16H25NO2. The van der Waals surface area contributed by atoms with Gasteiger partial charge in [-0.2, -0.15) is 0 Å². The summed E-state index contributed by atoms with van der Waals surface area (Å²) in [6.07, 6.45) is 1.94. The highest BCUT2D eigenvalue weighted by atomic mass is 16.5. The average Bonchev–Trinajstić information content (AvgIpc) is 2.46. The van der Waals surface area contributed by atoms with Gasteiger partial charge in [0.05, 0.1) is 6.04 Å². The number of carbonyl (C=O) groups is 1. The Morgan fingerprint density at radius 1 is 1.32 bits per heavy atom. The maximum absolute atomic E-state index is 12.3.